The Morgan fingerprint density at radius 1 is 0.653 bits per heavy atom. The molecule has 0 aliphatic rings. The molecule has 0 unspecified atom stereocenters. The number of nitrogens with one attached hydrogen (secondary N) is 2. The van der Waals surface area contributed by atoms with E-state index in [-0.39, 0.29) is 22.6 Å². The Balaban J connectivity index is 0. The van der Waals surface area contributed by atoms with Gasteiger partial charge in [-0.05, 0) is 172 Å². The summed E-state index contributed by atoms with van der Waals surface area (Å²) in [7, 11) is 0. The molecule has 0 atom stereocenters. The number of carbonyl (C=O) groups excluding carboxylic acids is 4. The number of ether oxygens (including phenoxy) is 2. The van der Waals surface area contributed by atoms with Gasteiger partial charge in [-0.15, -0.1) is 15.3 Å². The van der Waals surface area contributed by atoms with Gasteiger partial charge in [0.2, 0.25) is 0 Å². The third-order valence-electron chi connectivity index (χ3n) is 8.91. The topological polar surface area (TPSA) is 378 Å². The van der Waals surface area contributed by atoms with Crippen LogP contribution in [0.1, 0.15) is 171 Å². The van der Waals surface area contributed by atoms with E-state index in [4.69, 9.17) is 31.8 Å². The minimum absolute atomic E-state index is 0.0350. The van der Waals surface area contributed by atoms with Crippen molar-refractivity contribution >= 4 is 24.6 Å². The monoisotopic (exact) mass is 1060 g/mol. The number of amides is 1. The van der Waals surface area contributed by atoms with Gasteiger partial charge in [-0.25, -0.2) is 18.8 Å². The van der Waals surface area contributed by atoms with Crippen LogP contribution < -0.4 is 16.4 Å². The largest absolute Gasteiger partial charge is 0.460 e. The van der Waals surface area contributed by atoms with Gasteiger partial charge in [-0.3, -0.25) is 14.5 Å². The maximum atomic E-state index is 11.7. The van der Waals surface area contributed by atoms with Crippen molar-refractivity contribution in [3.63, 3.8) is 0 Å². The molecule has 0 aliphatic carbocycles. The van der Waals surface area contributed by atoms with E-state index in [9.17, 15) is 19.2 Å². The van der Waals surface area contributed by atoms with Crippen molar-refractivity contribution in [3.05, 3.63) is 67.0 Å². The van der Waals surface area contributed by atoms with Gasteiger partial charge in [0.05, 0.1) is 46.6 Å². The Kier molecular flexibility index (Phi) is 35.6. The molecule has 0 bridgehead atoms. The first kappa shape index (κ1) is 70.4. The van der Waals surface area contributed by atoms with Crippen molar-refractivity contribution in [2.45, 2.75) is 190 Å². The summed E-state index contributed by atoms with van der Waals surface area (Å²) >= 11 is 0. The lowest BCUT2D eigenvalue weighted by Gasteiger charge is -2.22. The molecular weight excluding hydrogens is 969 g/mol. The van der Waals surface area contributed by atoms with Crippen LogP contribution in [0.2, 0.25) is 0 Å². The second-order valence-electron chi connectivity index (χ2n) is 21.6. The molecule has 0 spiro atoms. The van der Waals surface area contributed by atoms with Gasteiger partial charge in [-0.1, -0.05) is 31.0 Å². The molecule has 3 aromatic rings. The molecule has 0 saturated heterocycles. The van der Waals surface area contributed by atoms with Gasteiger partial charge in [0.25, 0.3) is 0 Å². The molecule has 4 N–H and O–H groups in total. The number of hydrogen-bond donors (Lipinski definition) is 3. The van der Waals surface area contributed by atoms with Crippen LogP contribution in [0.15, 0.2) is 33.9 Å². The predicted octanol–water partition coefficient (Wildman–Crippen LogP) is 8.46. The minimum atomic E-state index is -0.504. The molecule has 422 valence electrons. The van der Waals surface area contributed by atoms with Crippen LogP contribution >= 0.6 is 0 Å². The fraction of sp³-hybridized carbons (Fsp3) is 0.787. The van der Waals surface area contributed by atoms with Crippen LogP contribution in [0.25, 0.3) is 31.3 Å². The third-order valence-corrected chi connectivity index (χ3v) is 8.91. The van der Waals surface area contributed by atoms with E-state index in [1.807, 2.05) is 84.1 Å². The van der Waals surface area contributed by atoms with Gasteiger partial charge in [0, 0.05) is 73.4 Å². The number of carbonyl (C=O) groups is 4. The number of nitrogens with zero attached hydrogens (tertiary/aromatic N) is 19. The third kappa shape index (κ3) is 40.4. The number of aldehydes is 2. The first-order chi connectivity index (χ1) is 35.0. The van der Waals surface area contributed by atoms with Gasteiger partial charge < -0.3 is 30.6 Å². The standard InChI is InChI=1S/C18H34N8O2.C10H19N7.C9H16O3.C7H11N3O.C3H8N4/c1-17(2,3)26-14-15(22-24-26)13-25(12-8-10-21-23-19)11-7-9-20-16(27)28-18(4,5)6;1-10(2,3)17-8-9(14-16-17)7-12-5-4-6-13-15-11;1-9(2,3)12-8(11)6-4-5-7-10;1-7(2,3)10-4-6(5-11)8-9-10;4-2-1-3-6-7-5/h14H,7-13H2,1-6H3,(H,20,27);8,12H,4-7H2,1-3H3;7H,4-6H2,1-3H3;4-5H,1-3H3;1-4H2. The number of hydrogen-bond acceptors (Lipinski definition) is 18. The molecule has 0 saturated carbocycles. The molecule has 3 aromatic heterocycles. The average molecular weight is 1060 g/mol. The van der Waals surface area contributed by atoms with Crippen LogP contribution in [0.3, 0.4) is 0 Å². The van der Waals surface area contributed by atoms with Crippen molar-refractivity contribution in [1.82, 2.24) is 60.5 Å². The van der Waals surface area contributed by atoms with Crippen molar-refractivity contribution in [2.75, 3.05) is 52.4 Å². The molecule has 3 rings (SSSR count). The summed E-state index contributed by atoms with van der Waals surface area (Å²) in [5.41, 5.74) is 30.3. The highest BCUT2D eigenvalue weighted by Crippen LogP contribution is 2.15. The lowest BCUT2D eigenvalue weighted by atomic mass is 10.1. The Labute approximate surface area is 442 Å². The van der Waals surface area contributed by atoms with Gasteiger partial charge in [0.1, 0.15) is 23.2 Å². The molecule has 1 amide bonds. The van der Waals surface area contributed by atoms with E-state index >= 15 is 0 Å². The van der Waals surface area contributed by atoms with Crippen molar-refractivity contribution < 1.29 is 28.7 Å². The Morgan fingerprint density at radius 2 is 1.13 bits per heavy atom. The summed E-state index contributed by atoms with van der Waals surface area (Å²) in [6, 6.07) is 0. The SMILES string of the molecule is CC(C)(C)OC(=O)CCCC=O.CC(C)(C)OC(=O)NCCCN(CCCN=[N+]=[N-])Cc1cn(C(C)(C)C)nn1.CC(C)(C)n1cc(C=O)nn1.CC(C)(C)n1cc(CNCCCN=[N+]=[N-])nn1.[N-]=[N+]=NCCCN. The fourth-order valence-electron chi connectivity index (χ4n) is 5.25. The van der Waals surface area contributed by atoms with E-state index in [1.165, 1.54) is 0 Å². The molecule has 28 heteroatoms. The zero-order valence-electron chi connectivity index (χ0n) is 47.4. The van der Waals surface area contributed by atoms with Crippen LogP contribution in [-0.2, 0) is 48.8 Å². The quantitative estimate of drug-likeness (QED) is 0.0189. The summed E-state index contributed by atoms with van der Waals surface area (Å²) in [4.78, 5) is 53.1. The van der Waals surface area contributed by atoms with E-state index in [1.54, 1.807) is 10.9 Å². The highest BCUT2D eigenvalue weighted by Gasteiger charge is 2.19. The van der Waals surface area contributed by atoms with E-state index < -0.39 is 17.3 Å². The number of alkyl carbamates (subject to hydrolysis) is 1. The van der Waals surface area contributed by atoms with Gasteiger partial charge >= 0.3 is 12.1 Å². The first-order valence-electron chi connectivity index (χ1n) is 25.0. The van der Waals surface area contributed by atoms with E-state index in [0.717, 1.165) is 63.0 Å². The van der Waals surface area contributed by atoms with Crippen molar-refractivity contribution in [2.24, 2.45) is 21.1 Å². The van der Waals surface area contributed by atoms with Gasteiger partial charge in [-0.2, -0.15) is 0 Å². The molecule has 3 heterocycles. The highest BCUT2D eigenvalue weighted by atomic mass is 16.6. The number of azide groups is 3. The Morgan fingerprint density at radius 3 is 1.59 bits per heavy atom. The van der Waals surface area contributed by atoms with Crippen LogP contribution in [0.5, 0.6) is 0 Å². The zero-order chi connectivity index (χ0) is 57.6. The van der Waals surface area contributed by atoms with Gasteiger partial charge in [0.15, 0.2) is 6.29 Å². The second-order valence-corrected chi connectivity index (χ2v) is 21.6. The lowest BCUT2D eigenvalue weighted by Crippen LogP contribution is -2.34. The highest BCUT2D eigenvalue weighted by molar-refractivity contribution is 5.70. The smallest absolute Gasteiger partial charge is 0.407 e. The number of unbranched alkanes of at least 4 members (excludes halogenated alkanes) is 1. The molecule has 0 aliphatic heterocycles. The van der Waals surface area contributed by atoms with E-state index in [0.29, 0.717) is 77.1 Å². The van der Waals surface area contributed by atoms with Crippen LogP contribution in [-0.4, -0.2) is 138 Å². The molecular formula is C47H88N22O6. The summed E-state index contributed by atoms with van der Waals surface area (Å²) in [6.45, 7) is 35.8. The number of nitrogens with two attached hydrogens (primary N) is 1. The second kappa shape index (κ2) is 38.0. The lowest BCUT2D eigenvalue weighted by molar-refractivity contribution is -0.154. The number of aromatic nitrogens is 9. The molecule has 0 fully saturated rings. The molecule has 75 heavy (non-hydrogen) atoms. The van der Waals surface area contributed by atoms with Crippen LogP contribution in [0, 0.1) is 0 Å². The maximum absolute atomic E-state index is 11.7. The minimum Gasteiger partial charge on any atom is -0.460 e. The normalized spacial score (nSPS) is 11.2. The Hall–Kier alpha value is -6.69. The fourth-order valence-corrected chi connectivity index (χ4v) is 5.25. The zero-order valence-corrected chi connectivity index (χ0v) is 47.4. The molecule has 0 radical (unpaired) electrons. The van der Waals surface area contributed by atoms with Crippen molar-refractivity contribution in [3.8, 4) is 0 Å². The molecule has 0 aromatic carbocycles. The van der Waals surface area contributed by atoms with Crippen LogP contribution in [0.4, 0.5) is 4.79 Å². The van der Waals surface area contributed by atoms with Crippen molar-refractivity contribution in [1.29, 1.82) is 0 Å². The Bertz CT molecular complexity index is 2190. The number of esters is 1. The van der Waals surface area contributed by atoms with E-state index in [2.05, 4.69) is 118 Å². The summed E-state index contributed by atoms with van der Waals surface area (Å²) in [5, 5.41) is 40.4. The summed E-state index contributed by atoms with van der Waals surface area (Å²) in [5.74, 6) is -0.232. The predicted molar refractivity (Wildman–Crippen MR) is 287 cm³/mol. The summed E-state index contributed by atoms with van der Waals surface area (Å²) in [6.07, 6.45) is 11.1. The first-order valence-corrected chi connectivity index (χ1v) is 25.0. The maximum Gasteiger partial charge on any atom is 0.407 e. The molecule has 28 nitrogen and oxygen atoms in total. The number of rotatable bonds is 24. The summed E-state index contributed by atoms with van der Waals surface area (Å²) < 4.78 is 15.6. The average Bonchev–Trinajstić information content (AvgIpc) is 4.10.